The van der Waals surface area contributed by atoms with Crippen LogP contribution in [-0.4, -0.2) is 61.6 Å². The number of fused-ring (bicyclic) bond motifs is 2. The molecule has 3 aromatic heterocycles. The Morgan fingerprint density at radius 3 is 2.88 bits per heavy atom. The Balaban J connectivity index is 1.18. The SMILES string of the molecule is O=C([C@@H]1CCCN1c1ncnc2nc[nH]c12)N1CCC(c2noc3cc(F)ccc23)CC1. The number of aromatic nitrogens is 5. The number of anilines is 1. The van der Waals surface area contributed by atoms with Crippen molar-refractivity contribution < 1.29 is 13.7 Å². The van der Waals surface area contributed by atoms with Crippen molar-refractivity contribution in [3.05, 3.63) is 42.4 Å². The van der Waals surface area contributed by atoms with Gasteiger partial charge in [-0.3, -0.25) is 4.79 Å². The predicted octanol–water partition coefficient (Wildman–Crippen LogP) is 3.01. The number of likely N-dealkylation sites (tertiary alicyclic amines) is 1. The summed E-state index contributed by atoms with van der Waals surface area (Å²) < 4.78 is 18.8. The molecule has 0 unspecified atom stereocenters. The molecule has 2 aliphatic heterocycles. The van der Waals surface area contributed by atoms with Gasteiger partial charge in [0, 0.05) is 37.0 Å². The van der Waals surface area contributed by atoms with Crippen LogP contribution in [0.5, 0.6) is 0 Å². The lowest BCUT2D eigenvalue weighted by molar-refractivity contribution is -0.133. The van der Waals surface area contributed by atoms with Crippen LogP contribution in [0.1, 0.15) is 37.3 Å². The molecule has 0 spiro atoms. The number of hydrogen-bond donors (Lipinski definition) is 1. The van der Waals surface area contributed by atoms with E-state index in [0.29, 0.717) is 24.3 Å². The summed E-state index contributed by atoms with van der Waals surface area (Å²) in [4.78, 5) is 33.4. The first-order chi connectivity index (χ1) is 15.7. The van der Waals surface area contributed by atoms with E-state index in [1.807, 2.05) is 4.90 Å². The molecule has 1 N–H and O–H groups in total. The average molecular weight is 435 g/mol. The van der Waals surface area contributed by atoms with Crippen molar-refractivity contribution >= 4 is 33.9 Å². The number of H-pyrrole nitrogens is 1. The number of imidazole rings is 1. The number of amides is 1. The van der Waals surface area contributed by atoms with E-state index in [2.05, 4.69) is 30.0 Å². The van der Waals surface area contributed by atoms with E-state index in [-0.39, 0.29) is 23.7 Å². The minimum Gasteiger partial charge on any atom is -0.356 e. The minimum atomic E-state index is -0.335. The highest BCUT2D eigenvalue weighted by atomic mass is 19.1. The zero-order chi connectivity index (χ0) is 21.7. The first-order valence-electron chi connectivity index (χ1n) is 10.9. The van der Waals surface area contributed by atoms with Crippen LogP contribution in [0.15, 0.2) is 35.4 Å². The van der Waals surface area contributed by atoms with Gasteiger partial charge in [0.05, 0.1) is 12.0 Å². The van der Waals surface area contributed by atoms with E-state index >= 15 is 0 Å². The number of carbonyl (C=O) groups is 1. The summed E-state index contributed by atoms with van der Waals surface area (Å²) in [6.07, 6.45) is 6.44. The van der Waals surface area contributed by atoms with Gasteiger partial charge in [-0.15, -0.1) is 0 Å². The van der Waals surface area contributed by atoms with Crippen LogP contribution in [0.25, 0.3) is 22.1 Å². The zero-order valence-electron chi connectivity index (χ0n) is 17.4. The molecule has 6 rings (SSSR count). The number of hydrogen-bond acceptors (Lipinski definition) is 7. The number of nitrogens with one attached hydrogen (secondary N) is 1. The van der Waals surface area contributed by atoms with Gasteiger partial charge < -0.3 is 19.3 Å². The Labute approximate surface area is 182 Å². The smallest absolute Gasteiger partial charge is 0.245 e. The molecule has 1 amide bonds. The largest absolute Gasteiger partial charge is 0.356 e. The highest BCUT2D eigenvalue weighted by Gasteiger charge is 2.37. The highest BCUT2D eigenvalue weighted by molar-refractivity contribution is 5.90. The molecule has 32 heavy (non-hydrogen) atoms. The summed E-state index contributed by atoms with van der Waals surface area (Å²) in [5.74, 6) is 0.730. The molecule has 1 aromatic carbocycles. The number of nitrogens with zero attached hydrogens (tertiary/aromatic N) is 6. The van der Waals surface area contributed by atoms with E-state index in [9.17, 15) is 9.18 Å². The number of rotatable bonds is 3. The van der Waals surface area contributed by atoms with Crippen LogP contribution in [0, 0.1) is 5.82 Å². The van der Waals surface area contributed by atoms with Crippen molar-refractivity contribution in [3.63, 3.8) is 0 Å². The van der Waals surface area contributed by atoms with Crippen molar-refractivity contribution in [1.29, 1.82) is 0 Å². The standard InChI is InChI=1S/C22H22FN7O2/c23-14-3-4-15-17(10-14)32-28-18(15)13-5-8-29(9-6-13)22(31)16-2-1-7-30(16)21-19-20(25-11-24-19)26-12-27-21/h3-4,10-13,16H,1-2,5-9H2,(H,24,25,26,27)/t16-/m0/s1. The third kappa shape index (κ3) is 3.09. The fraction of sp³-hybridized carbons (Fsp3) is 0.409. The predicted molar refractivity (Wildman–Crippen MR) is 115 cm³/mol. The number of benzene rings is 1. The molecule has 164 valence electrons. The van der Waals surface area contributed by atoms with Crippen LogP contribution >= 0.6 is 0 Å². The van der Waals surface area contributed by atoms with Crippen LogP contribution in [0.3, 0.4) is 0 Å². The lowest BCUT2D eigenvalue weighted by Gasteiger charge is -2.35. The molecule has 0 saturated carbocycles. The molecule has 0 bridgehead atoms. The second-order valence-electron chi connectivity index (χ2n) is 8.46. The number of piperidine rings is 1. The average Bonchev–Trinajstić information content (AvgIpc) is 3.57. The van der Waals surface area contributed by atoms with Gasteiger partial charge in [-0.05, 0) is 37.8 Å². The molecular weight excluding hydrogens is 413 g/mol. The van der Waals surface area contributed by atoms with Gasteiger partial charge in [0.2, 0.25) is 5.91 Å². The summed E-state index contributed by atoms with van der Waals surface area (Å²) in [6, 6.07) is 4.29. The molecule has 2 fully saturated rings. The van der Waals surface area contributed by atoms with Gasteiger partial charge >= 0.3 is 0 Å². The van der Waals surface area contributed by atoms with Crippen molar-refractivity contribution in [2.24, 2.45) is 0 Å². The Hall–Kier alpha value is -3.56. The zero-order valence-corrected chi connectivity index (χ0v) is 17.4. The number of carbonyl (C=O) groups excluding carboxylic acids is 1. The van der Waals surface area contributed by atoms with Gasteiger partial charge in [-0.2, -0.15) is 0 Å². The van der Waals surface area contributed by atoms with Crippen LogP contribution in [0.2, 0.25) is 0 Å². The Kier molecular flexibility index (Phi) is 4.51. The fourth-order valence-corrected chi connectivity index (χ4v) is 5.06. The third-order valence-electron chi connectivity index (χ3n) is 6.67. The molecule has 9 nitrogen and oxygen atoms in total. The van der Waals surface area contributed by atoms with Crippen LogP contribution in [0.4, 0.5) is 10.2 Å². The molecule has 0 radical (unpaired) electrons. The molecular formula is C22H22FN7O2. The first-order valence-corrected chi connectivity index (χ1v) is 10.9. The second-order valence-corrected chi connectivity index (χ2v) is 8.46. The summed E-state index contributed by atoms with van der Waals surface area (Å²) in [7, 11) is 0. The van der Waals surface area contributed by atoms with E-state index < -0.39 is 0 Å². The van der Waals surface area contributed by atoms with E-state index in [0.717, 1.165) is 54.6 Å². The van der Waals surface area contributed by atoms with Crippen molar-refractivity contribution in [1.82, 2.24) is 30.0 Å². The topological polar surface area (TPSA) is 104 Å². The molecule has 4 aromatic rings. The molecule has 5 heterocycles. The van der Waals surface area contributed by atoms with Gasteiger partial charge in [0.1, 0.15) is 23.7 Å². The summed E-state index contributed by atoms with van der Waals surface area (Å²) in [6.45, 7) is 2.10. The molecule has 2 aliphatic rings. The second kappa shape index (κ2) is 7.54. The van der Waals surface area contributed by atoms with Crippen LogP contribution in [-0.2, 0) is 4.79 Å². The maximum Gasteiger partial charge on any atom is 0.245 e. The molecule has 1 atom stereocenters. The summed E-state index contributed by atoms with van der Waals surface area (Å²) in [5.41, 5.74) is 2.70. The lowest BCUT2D eigenvalue weighted by atomic mass is 9.91. The van der Waals surface area contributed by atoms with Crippen molar-refractivity contribution in [2.75, 3.05) is 24.5 Å². The quantitative estimate of drug-likeness (QED) is 0.527. The first kappa shape index (κ1) is 19.1. The van der Waals surface area contributed by atoms with E-state index in [4.69, 9.17) is 4.52 Å². The normalized spacial score (nSPS) is 20.0. The van der Waals surface area contributed by atoms with Crippen molar-refractivity contribution in [3.8, 4) is 0 Å². The van der Waals surface area contributed by atoms with Gasteiger partial charge in [-0.1, -0.05) is 5.16 Å². The number of aromatic amines is 1. The molecule has 10 heteroatoms. The van der Waals surface area contributed by atoms with E-state index in [1.54, 1.807) is 12.4 Å². The van der Waals surface area contributed by atoms with E-state index in [1.165, 1.54) is 18.5 Å². The van der Waals surface area contributed by atoms with Gasteiger partial charge in [0.25, 0.3) is 0 Å². The molecule has 2 saturated heterocycles. The van der Waals surface area contributed by atoms with Crippen molar-refractivity contribution in [2.45, 2.75) is 37.6 Å². The maximum absolute atomic E-state index is 13.4. The Bertz CT molecular complexity index is 1290. The van der Waals surface area contributed by atoms with Gasteiger partial charge in [-0.25, -0.2) is 19.3 Å². The maximum atomic E-state index is 13.4. The highest BCUT2D eigenvalue weighted by Crippen LogP contribution is 2.34. The minimum absolute atomic E-state index is 0.138. The van der Waals surface area contributed by atoms with Gasteiger partial charge in [0.15, 0.2) is 17.0 Å². The molecule has 0 aliphatic carbocycles. The Morgan fingerprint density at radius 2 is 2.00 bits per heavy atom. The lowest BCUT2D eigenvalue weighted by Crippen LogP contribution is -2.48. The fourth-order valence-electron chi connectivity index (χ4n) is 5.06. The van der Waals surface area contributed by atoms with Crippen LogP contribution < -0.4 is 4.90 Å². The summed E-state index contributed by atoms with van der Waals surface area (Å²) in [5, 5.41) is 5.06. The Morgan fingerprint density at radius 1 is 1.12 bits per heavy atom. The summed E-state index contributed by atoms with van der Waals surface area (Å²) >= 11 is 0. The monoisotopic (exact) mass is 435 g/mol. The number of halogens is 1. The third-order valence-corrected chi connectivity index (χ3v) is 6.67.